The predicted molar refractivity (Wildman–Crippen MR) is 98.5 cm³/mol. The number of aromatic nitrogens is 1. The van der Waals surface area contributed by atoms with E-state index < -0.39 is 0 Å². The topological polar surface area (TPSA) is 44.9 Å². The van der Waals surface area contributed by atoms with Crippen LogP contribution < -0.4 is 5.32 Å². The summed E-state index contributed by atoms with van der Waals surface area (Å²) in [6, 6.07) is 14.4. The summed E-state index contributed by atoms with van der Waals surface area (Å²) >= 11 is 0. The van der Waals surface area contributed by atoms with Crippen molar-refractivity contribution in [1.82, 2.24) is 4.98 Å². The number of rotatable bonds is 3. The Morgan fingerprint density at radius 3 is 2.83 bits per heavy atom. The first-order valence-electron chi connectivity index (χ1n) is 8.69. The number of anilines is 1. The van der Waals surface area contributed by atoms with Gasteiger partial charge in [0, 0.05) is 22.3 Å². The molecule has 0 aliphatic heterocycles. The van der Waals surface area contributed by atoms with Crippen LogP contribution in [0.2, 0.25) is 0 Å². The lowest BCUT2D eigenvalue weighted by Crippen LogP contribution is -2.17. The monoisotopic (exact) mass is 318 g/mol. The highest BCUT2D eigenvalue weighted by atomic mass is 16.1. The van der Waals surface area contributed by atoms with E-state index in [1.807, 2.05) is 25.1 Å². The van der Waals surface area contributed by atoms with Gasteiger partial charge in [-0.15, -0.1) is 0 Å². The number of para-hydroxylation sites is 1. The Labute approximate surface area is 142 Å². The number of fused-ring (bicyclic) bond motifs is 2. The molecule has 2 aromatic carbocycles. The molecule has 0 atom stereocenters. The fourth-order valence-electron chi connectivity index (χ4n) is 3.82. The van der Waals surface area contributed by atoms with E-state index in [-0.39, 0.29) is 5.91 Å². The molecule has 0 fully saturated rings. The second kappa shape index (κ2) is 6.16. The molecule has 2 N–H and O–H groups in total. The molecule has 1 aromatic heterocycles. The van der Waals surface area contributed by atoms with Crippen LogP contribution in [0, 0.1) is 6.92 Å². The van der Waals surface area contributed by atoms with E-state index >= 15 is 0 Å². The molecule has 0 saturated carbocycles. The van der Waals surface area contributed by atoms with Gasteiger partial charge in [-0.3, -0.25) is 4.79 Å². The molecule has 0 saturated heterocycles. The quantitative estimate of drug-likeness (QED) is 0.732. The van der Waals surface area contributed by atoms with E-state index in [9.17, 15) is 4.79 Å². The minimum Gasteiger partial charge on any atom is -0.358 e. The summed E-state index contributed by atoms with van der Waals surface area (Å²) in [4.78, 5) is 16.0. The first-order chi connectivity index (χ1) is 11.7. The maximum atomic E-state index is 12.6. The van der Waals surface area contributed by atoms with Crippen molar-refractivity contribution in [1.29, 1.82) is 0 Å². The number of carbonyl (C=O) groups is 1. The minimum atomic E-state index is 0.0572. The molecule has 1 aliphatic carbocycles. The van der Waals surface area contributed by atoms with E-state index in [1.165, 1.54) is 24.0 Å². The van der Waals surface area contributed by atoms with Gasteiger partial charge in [-0.1, -0.05) is 30.3 Å². The van der Waals surface area contributed by atoms with Gasteiger partial charge in [-0.2, -0.15) is 0 Å². The Morgan fingerprint density at radius 1 is 1.08 bits per heavy atom. The van der Waals surface area contributed by atoms with Crippen LogP contribution in [0.15, 0.2) is 42.5 Å². The third kappa shape index (κ3) is 2.71. The predicted octanol–water partition coefficient (Wildman–Crippen LogP) is 4.54. The van der Waals surface area contributed by atoms with Gasteiger partial charge >= 0.3 is 0 Å². The molecule has 1 aliphatic rings. The van der Waals surface area contributed by atoms with Gasteiger partial charge in [-0.05, 0) is 61.4 Å². The Bertz CT molecular complexity index is 907. The third-order valence-electron chi connectivity index (χ3n) is 5.03. The smallest absolute Gasteiger partial charge is 0.228 e. The number of nitrogens with one attached hydrogen (secondary N) is 2. The summed E-state index contributed by atoms with van der Waals surface area (Å²) in [5, 5.41) is 4.29. The number of carbonyl (C=O) groups excluding carboxylic acids is 1. The van der Waals surface area contributed by atoms with Crippen LogP contribution in [0.5, 0.6) is 0 Å². The van der Waals surface area contributed by atoms with Gasteiger partial charge in [-0.25, -0.2) is 0 Å². The van der Waals surface area contributed by atoms with E-state index in [4.69, 9.17) is 0 Å². The molecule has 24 heavy (non-hydrogen) atoms. The van der Waals surface area contributed by atoms with Crippen molar-refractivity contribution in [3.8, 4) is 0 Å². The van der Waals surface area contributed by atoms with Gasteiger partial charge in [0.05, 0.1) is 6.42 Å². The van der Waals surface area contributed by atoms with E-state index in [0.29, 0.717) is 6.42 Å². The number of aromatic amines is 1. The van der Waals surface area contributed by atoms with Gasteiger partial charge in [0.25, 0.3) is 0 Å². The maximum Gasteiger partial charge on any atom is 0.228 e. The minimum absolute atomic E-state index is 0.0572. The standard InChI is InChI=1S/C21H22N2O/c1-14-18(17-10-4-5-11-20(17)22-14)13-21(24)23-19-12-6-8-15-7-2-3-9-16(15)19/h4-6,8,10-12,22H,2-3,7,9,13H2,1H3,(H,23,24). The number of H-pyrrole nitrogens is 1. The average molecular weight is 318 g/mol. The lowest BCUT2D eigenvalue weighted by atomic mass is 9.90. The molecule has 3 heteroatoms. The third-order valence-corrected chi connectivity index (χ3v) is 5.03. The van der Waals surface area contributed by atoms with Crippen LogP contribution in [0.25, 0.3) is 10.9 Å². The van der Waals surface area contributed by atoms with E-state index in [2.05, 4.69) is 34.6 Å². The SMILES string of the molecule is Cc1[nH]c2ccccc2c1CC(=O)Nc1cccc2c1CCCC2. The zero-order chi connectivity index (χ0) is 16.5. The van der Waals surface area contributed by atoms with Crippen LogP contribution in [-0.4, -0.2) is 10.9 Å². The lowest BCUT2D eigenvalue weighted by Gasteiger charge is -2.19. The Kier molecular flexibility index (Phi) is 3.85. The lowest BCUT2D eigenvalue weighted by molar-refractivity contribution is -0.115. The zero-order valence-corrected chi connectivity index (χ0v) is 14.0. The molecule has 0 bridgehead atoms. The normalized spacial score (nSPS) is 13.7. The molecular weight excluding hydrogens is 296 g/mol. The average Bonchev–Trinajstić information content (AvgIpc) is 2.91. The Balaban J connectivity index is 1.58. The Hall–Kier alpha value is -2.55. The number of aryl methyl sites for hydroxylation is 2. The van der Waals surface area contributed by atoms with Crippen molar-refractivity contribution in [2.24, 2.45) is 0 Å². The summed E-state index contributed by atoms with van der Waals surface area (Å²) in [6.07, 6.45) is 5.05. The highest BCUT2D eigenvalue weighted by Crippen LogP contribution is 2.28. The van der Waals surface area contributed by atoms with E-state index in [1.54, 1.807) is 0 Å². The van der Waals surface area contributed by atoms with Crippen LogP contribution in [0.1, 0.15) is 35.2 Å². The fourth-order valence-corrected chi connectivity index (χ4v) is 3.82. The van der Waals surface area contributed by atoms with Gasteiger partial charge < -0.3 is 10.3 Å². The highest BCUT2D eigenvalue weighted by molar-refractivity contribution is 5.97. The number of benzene rings is 2. The fraction of sp³-hybridized carbons (Fsp3) is 0.286. The number of hydrogen-bond donors (Lipinski definition) is 2. The van der Waals surface area contributed by atoms with Gasteiger partial charge in [0.15, 0.2) is 0 Å². The molecule has 3 nitrogen and oxygen atoms in total. The highest BCUT2D eigenvalue weighted by Gasteiger charge is 2.16. The summed E-state index contributed by atoms with van der Waals surface area (Å²) in [5.41, 5.74) is 6.97. The number of amides is 1. The summed E-state index contributed by atoms with van der Waals surface area (Å²) in [6.45, 7) is 2.03. The maximum absolute atomic E-state index is 12.6. The molecule has 0 spiro atoms. The van der Waals surface area contributed by atoms with Gasteiger partial charge in [0.1, 0.15) is 0 Å². The van der Waals surface area contributed by atoms with Crippen LogP contribution in [0.4, 0.5) is 5.69 Å². The van der Waals surface area contributed by atoms with Crippen molar-refractivity contribution < 1.29 is 4.79 Å². The van der Waals surface area contributed by atoms with Crippen LogP contribution in [-0.2, 0) is 24.1 Å². The molecular formula is C21H22N2O. The largest absolute Gasteiger partial charge is 0.358 e. The molecule has 3 aromatic rings. The molecule has 4 rings (SSSR count). The zero-order valence-electron chi connectivity index (χ0n) is 14.0. The Morgan fingerprint density at radius 2 is 1.92 bits per heavy atom. The van der Waals surface area contributed by atoms with Crippen molar-refractivity contribution in [2.45, 2.75) is 39.0 Å². The molecule has 1 amide bonds. The van der Waals surface area contributed by atoms with Crippen molar-refractivity contribution >= 4 is 22.5 Å². The van der Waals surface area contributed by atoms with Crippen molar-refractivity contribution in [3.63, 3.8) is 0 Å². The molecule has 1 heterocycles. The van der Waals surface area contributed by atoms with Crippen LogP contribution in [0.3, 0.4) is 0 Å². The van der Waals surface area contributed by atoms with Crippen LogP contribution >= 0.6 is 0 Å². The van der Waals surface area contributed by atoms with E-state index in [0.717, 1.165) is 40.7 Å². The summed E-state index contributed by atoms with van der Waals surface area (Å²) < 4.78 is 0. The summed E-state index contributed by atoms with van der Waals surface area (Å²) in [5.74, 6) is 0.0572. The first kappa shape index (κ1) is 15.0. The molecule has 0 unspecified atom stereocenters. The number of hydrogen-bond acceptors (Lipinski definition) is 1. The molecule has 0 radical (unpaired) electrons. The summed E-state index contributed by atoms with van der Waals surface area (Å²) in [7, 11) is 0. The first-order valence-corrected chi connectivity index (χ1v) is 8.69. The van der Waals surface area contributed by atoms with Crippen molar-refractivity contribution in [3.05, 3.63) is 64.8 Å². The molecule has 122 valence electrons. The van der Waals surface area contributed by atoms with Crippen molar-refractivity contribution in [2.75, 3.05) is 5.32 Å². The second-order valence-corrected chi connectivity index (χ2v) is 6.65. The second-order valence-electron chi connectivity index (χ2n) is 6.65. The van der Waals surface area contributed by atoms with Gasteiger partial charge in [0.2, 0.25) is 5.91 Å².